The minimum atomic E-state index is -0.790. The van der Waals surface area contributed by atoms with E-state index in [2.05, 4.69) is 19.9 Å². The molecule has 2 heterocycles. The molecule has 2 rings (SSSR count). The van der Waals surface area contributed by atoms with Gasteiger partial charge >= 0.3 is 5.69 Å². The number of aromatic amines is 2. The number of aryl methyl sites for hydroxylation is 2. The van der Waals surface area contributed by atoms with Crippen LogP contribution in [0.1, 0.15) is 17.0 Å². The number of nitrogens with zero attached hydrogens (tertiary/aromatic N) is 3. The molecule has 3 N–H and O–H groups in total. The normalized spacial score (nSPS) is 11.1. The van der Waals surface area contributed by atoms with Crippen LogP contribution < -0.4 is 11.2 Å². The summed E-state index contributed by atoms with van der Waals surface area (Å²) in [5.41, 5.74) is -0.225. The van der Waals surface area contributed by atoms with Crippen molar-refractivity contribution < 1.29 is 5.11 Å². The van der Waals surface area contributed by atoms with Crippen molar-refractivity contribution in [1.29, 1.82) is 0 Å². The number of H-pyrrole nitrogens is 2. The van der Waals surface area contributed by atoms with Gasteiger partial charge < -0.3 is 5.11 Å². The van der Waals surface area contributed by atoms with Crippen molar-refractivity contribution in [2.45, 2.75) is 13.8 Å². The molecular formula is C11H11N5O3. The Morgan fingerprint density at radius 3 is 2.42 bits per heavy atom. The molecule has 0 bridgehead atoms. The van der Waals surface area contributed by atoms with Crippen molar-refractivity contribution in [3.05, 3.63) is 43.9 Å². The Morgan fingerprint density at radius 1 is 1.21 bits per heavy atom. The molecule has 0 saturated carbocycles. The first-order valence-electron chi connectivity index (χ1n) is 5.37. The van der Waals surface area contributed by atoms with Crippen LogP contribution in [0.3, 0.4) is 0 Å². The second-order valence-electron chi connectivity index (χ2n) is 3.88. The van der Waals surface area contributed by atoms with Crippen LogP contribution in [0.25, 0.3) is 0 Å². The summed E-state index contributed by atoms with van der Waals surface area (Å²) in [5.74, 6) is -0.385. The van der Waals surface area contributed by atoms with Gasteiger partial charge in [-0.3, -0.25) is 14.8 Å². The van der Waals surface area contributed by atoms with Crippen LogP contribution in [0.2, 0.25) is 0 Å². The summed E-state index contributed by atoms with van der Waals surface area (Å²) >= 11 is 0. The van der Waals surface area contributed by atoms with Gasteiger partial charge in [0.15, 0.2) is 0 Å². The lowest BCUT2D eigenvalue weighted by Crippen LogP contribution is -2.24. The van der Waals surface area contributed by atoms with Crippen molar-refractivity contribution in [1.82, 2.24) is 19.9 Å². The topological polar surface area (TPSA) is 124 Å². The van der Waals surface area contributed by atoms with Crippen LogP contribution in [0.5, 0.6) is 5.88 Å². The first-order valence-corrected chi connectivity index (χ1v) is 5.37. The third-order valence-corrected chi connectivity index (χ3v) is 2.24. The van der Waals surface area contributed by atoms with E-state index in [4.69, 9.17) is 0 Å². The summed E-state index contributed by atoms with van der Waals surface area (Å²) in [7, 11) is 0. The molecule has 0 saturated heterocycles. The molecule has 2 aromatic heterocycles. The van der Waals surface area contributed by atoms with Gasteiger partial charge in [-0.2, -0.15) is 0 Å². The largest absolute Gasteiger partial charge is 0.494 e. The third kappa shape index (κ3) is 2.92. The molecule has 0 radical (unpaired) electrons. The van der Waals surface area contributed by atoms with Crippen molar-refractivity contribution in [3.63, 3.8) is 0 Å². The Balaban J connectivity index is 2.43. The van der Waals surface area contributed by atoms with Gasteiger partial charge in [0, 0.05) is 17.6 Å². The summed E-state index contributed by atoms with van der Waals surface area (Å²) in [4.78, 5) is 38.4. The highest BCUT2D eigenvalue weighted by molar-refractivity contribution is 5.83. The first-order chi connectivity index (χ1) is 8.95. The van der Waals surface area contributed by atoms with Gasteiger partial charge in [0.05, 0.1) is 0 Å². The first kappa shape index (κ1) is 12.7. The Bertz CT molecular complexity index is 739. The number of hydrogen-bond acceptors (Lipinski definition) is 6. The number of aromatic nitrogens is 4. The van der Waals surface area contributed by atoms with Crippen molar-refractivity contribution in [3.8, 4) is 5.88 Å². The highest BCUT2D eigenvalue weighted by Crippen LogP contribution is 2.08. The molecule has 8 nitrogen and oxygen atoms in total. The van der Waals surface area contributed by atoms with Gasteiger partial charge in [0.2, 0.25) is 11.8 Å². The minimum absolute atomic E-state index is 0.164. The lowest BCUT2D eigenvalue weighted by atomic mass is 10.3. The Morgan fingerprint density at radius 2 is 1.84 bits per heavy atom. The van der Waals surface area contributed by atoms with Crippen LogP contribution in [-0.2, 0) is 0 Å². The zero-order chi connectivity index (χ0) is 14.0. The van der Waals surface area contributed by atoms with E-state index in [9.17, 15) is 14.7 Å². The van der Waals surface area contributed by atoms with Crippen molar-refractivity contribution in [2.24, 2.45) is 4.99 Å². The molecule has 98 valence electrons. The molecule has 0 spiro atoms. The summed E-state index contributed by atoms with van der Waals surface area (Å²) in [5, 5.41) is 9.45. The Kier molecular flexibility index (Phi) is 3.23. The molecule has 0 aliphatic heterocycles. The standard InChI is InChI=1S/C11H11N5O3/c1-5-3-6(2)14-10(13-5)12-4-7-8(17)15-11(19)16-9(7)18/h3-4H,1-2H3,(H3,15,16,17,18,19)/b12-4+. The van der Waals surface area contributed by atoms with Gasteiger partial charge in [0.1, 0.15) is 5.56 Å². The van der Waals surface area contributed by atoms with Crippen LogP contribution in [0.4, 0.5) is 5.95 Å². The fraction of sp³-hybridized carbons (Fsp3) is 0.182. The highest BCUT2D eigenvalue weighted by Gasteiger charge is 2.06. The zero-order valence-corrected chi connectivity index (χ0v) is 10.3. The lowest BCUT2D eigenvalue weighted by molar-refractivity contribution is 0.447. The van der Waals surface area contributed by atoms with Gasteiger partial charge in [-0.15, -0.1) is 0 Å². The molecule has 0 atom stereocenters. The zero-order valence-electron chi connectivity index (χ0n) is 10.3. The van der Waals surface area contributed by atoms with E-state index >= 15 is 0 Å². The maximum absolute atomic E-state index is 11.4. The number of aromatic hydroxyl groups is 1. The average Bonchev–Trinajstić information content (AvgIpc) is 2.25. The lowest BCUT2D eigenvalue weighted by Gasteiger charge is -1.98. The second-order valence-corrected chi connectivity index (χ2v) is 3.88. The van der Waals surface area contributed by atoms with Crippen LogP contribution in [0, 0.1) is 13.8 Å². The van der Waals surface area contributed by atoms with E-state index in [0.717, 1.165) is 17.6 Å². The predicted molar refractivity (Wildman–Crippen MR) is 68.1 cm³/mol. The predicted octanol–water partition coefficient (Wildman–Crippen LogP) is -0.0738. The molecule has 0 aliphatic rings. The van der Waals surface area contributed by atoms with E-state index in [1.165, 1.54) is 0 Å². The fourth-order valence-corrected chi connectivity index (χ4v) is 1.49. The molecule has 2 aromatic rings. The van der Waals surface area contributed by atoms with Gasteiger partial charge in [0.25, 0.3) is 5.56 Å². The number of hydrogen-bond donors (Lipinski definition) is 3. The SMILES string of the molecule is Cc1cc(C)nc(/N=C/c2c(O)[nH]c(=O)[nH]c2=O)n1. The van der Waals surface area contributed by atoms with Crippen molar-refractivity contribution in [2.75, 3.05) is 0 Å². The monoisotopic (exact) mass is 261 g/mol. The molecular weight excluding hydrogens is 250 g/mol. The second kappa shape index (κ2) is 4.84. The summed E-state index contributed by atoms with van der Waals surface area (Å²) in [6.45, 7) is 3.58. The minimum Gasteiger partial charge on any atom is -0.494 e. The molecule has 19 heavy (non-hydrogen) atoms. The Hall–Kier alpha value is -2.77. The number of nitrogens with one attached hydrogen (secondary N) is 2. The fourth-order valence-electron chi connectivity index (χ4n) is 1.49. The third-order valence-electron chi connectivity index (χ3n) is 2.24. The van der Waals surface area contributed by atoms with Gasteiger partial charge in [-0.1, -0.05) is 0 Å². The maximum atomic E-state index is 11.4. The molecule has 0 aromatic carbocycles. The molecule has 8 heteroatoms. The quantitative estimate of drug-likeness (QED) is 0.652. The smallest absolute Gasteiger partial charge is 0.328 e. The van der Waals surface area contributed by atoms with Gasteiger partial charge in [-0.05, 0) is 19.9 Å². The molecule has 0 fully saturated rings. The van der Waals surface area contributed by atoms with Crippen molar-refractivity contribution >= 4 is 12.2 Å². The van der Waals surface area contributed by atoms with E-state index in [0.29, 0.717) is 0 Å². The summed E-state index contributed by atoms with van der Waals surface area (Å²) < 4.78 is 0. The van der Waals surface area contributed by atoms with E-state index in [-0.39, 0.29) is 11.5 Å². The van der Waals surface area contributed by atoms with Crippen LogP contribution in [-0.4, -0.2) is 31.3 Å². The van der Waals surface area contributed by atoms with E-state index in [1.807, 2.05) is 4.98 Å². The summed E-state index contributed by atoms with van der Waals surface area (Å²) in [6.07, 6.45) is 1.10. The molecule has 0 aliphatic carbocycles. The van der Waals surface area contributed by atoms with Crippen LogP contribution >= 0.6 is 0 Å². The van der Waals surface area contributed by atoms with E-state index < -0.39 is 17.1 Å². The average molecular weight is 261 g/mol. The summed E-state index contributed by atoms with van der Waals surface area (Å²) in [6, 6.07) is 1.78. The molecule has 0 unspecified atom stereocenters. The Labute approximate surface area is 106 Å². The number of rotatable bonds is 2. The maximum Gasteiger partial charge on any atom is 0.328 e. The van der Waals surface area contributed by atoms with Gasteiger partial charge in [-0.25, -0.2) is 19.8 Å². The number of aliphatic imine (C=N–C) groups is 1. The van der Waals surface area contributed by atoms with Crippen LogP contribution in [0.15, 0.2) is 20.6 Å². The molecule has 0 amide bonds. The van der Waals surface area contributed by atoms with E-state index in [1.54, 1.807) is 19.9 Å². The highest BCUT2D eigenvalue weighted by atomic mass is 16.3.